The van der Waals surface area contributed by atoms with Gasteiger partial charge in [0.05, 0.1) is 13.2 Å². The Morgan fingerprint density at radius 1 is 1.25 bits per heavy atom. The van der Waals surface area contributed by atoms with Gasteiger partial charge < -0.3 is 14.7 Å². The molecule has 0 unspecified atom stereocenters. The van der Waals surface area contributed by atoms with Gasteiger partial charge in [-0.25, -0.2) is 4.79 Å². The van der Waals surface area contributed by atoms with Crippen LogP contribution in [0.15, 0.2) is 24.3 Å². The van der Waals surface area contributed by atoms with Crippen LogP contribution in [0.5, 0.6) is 5.75 Å². The van der Waals surface area contributed by atoms with Crippen molar-refractivity contribution in [1.82, 2.24) is 4.90 Å². The van der Waals surface area contributed by atoms with Gasteiger partial charge in [-0.3, -0.25) is 8.37 Å². The van der Waals surface area contributed by atoms with E-state index in [1.54, 1.807) is 4.90 Å². The third-order valence-electron chi connectivity index (χ3n) is 5.35. The summed E-state index contributed by atoms with van der Waals surface area (Å²) >= 11 is -1.60. The first-order valence-corrected chi connectivity index (χ1v) is 10.7. The van der Waals surface area contributed by atoms with E-state index in [1.165, 1.54) is 0 Å². The maximum absolute atomic E-state index is 11.5. The van der Waals surface area contributed by atoms with Gasteiger partial charge in [-0.1, -0.05) is 32.9 Å². The number of ether oxygens (including phenoxy) is 1. The van der Waals surface area contributed by atoms with Gasteiger partial charge in [0.25, 0.3) is 0 Å². The lowest BCUT2D eigenvalue weighted by Gasteiger charge is -2.44. The Morgan fingerprint density at radius 2 is 1.89 bits per heavy atom. The van der Waals surface area contributed by atoms with Crippen molar-refractivity contribution in [2.45, 2.75) is 52.2 Å². The Bertz CT molecular complexity index is 692. The molecule has 0 saturated carbocycles. The number of carbonyl (C=O) groups is 1. The standard InChI is InChI=1S/C20H29NO6S/c1-20(2,3)18-11-17(8-9-21(18)19(22)23)27-16-6-4-14(5-7-16)10-15-12-25-28(24)26-13-15/h4-7,15,17-18H,8-13H2,1-3H3,(H,22,23)/t15?,17-,18-,28?/m0/s1. The molecule has 0 bridgehead atoms. The molecule has 1 amide bonds. The highest BCUT2D eigenvalue weighted by atomic mass is 32.2. The van der Waals surface area contributed by atoms with Crippen molar-refractivity contribution in [1.29, 1.82) is 0 Å². The van der Waals surface area contributed by atoms with Crippen LogP contribution in [-0.4, -0.2) is 52.2 Å². The number of piperidine rings is 1. The van der Waals surface area contributed by atoms with E-state index < -0.39 is 17.5 Å². The van der Waals surface area contributed by atoms with E-state index in [0.717, 1.165) is 17.7 Å². The third kappa shape index (κ3) is 5.46. The SMILES string of the molecule is CC(C)(C)[C@@H]1C[C@@H](Oc2ccc(CC3COS(=O)OC3)cc2)CCN1C(=O)O. The lowest BCUT2D eigenvalue weighted by atomic mass is 9.80. The fraction of sp³-hybridized carbons (Fsp3) is 0.650. The highest BCUT2D eigenvalue weighted by Gasteiger charge is 2.39. The van der Waals surface area contributed by atoms with Crippen molar-refractivity contribution >= 4 is 17.5 Å². The second kappa shape index (κ2) is 8.80. The molecule has 0 spiro atoms. The highest BCUT2D eigenvalue weighted by Crippen LogP contribution is 2.33. The molecule has 8 heteroatoms. The summed E-state index contributed by atoms with van der Waals surface area (Å²) in [4.78, 5) is 13.1. The maximum atomic E-state index is 11.5. The Kier molecular flexibility index (Phi) is 6.62. The molecule has 1 aromatic carbocycles. The van der Waals surface area contributed by atoms with Crippen LogP contribution >= 0.6 is 0 Å². The van der Waals surface area contributed by atoms with Gasteiger partial charge in [0.1, 0.15) is 11.9 Å². The normalized spacial score (nSPS) is 28.8. The second-order valence-electron chi connectivity index (χ2n) is 8.61. The number of hydrogen-bond acceptors (Lipinski definition) is 5. The largest absolute Gasteiger partial charge is 0.490 e. The van der Waals surface area contributed by atoms with E-state index in [2.05, 4.69) is 20.8 Å². The van der Waals surface area contributed by atoms with Crippen LogP contribution < -0.4 is 4.74 Å². The summed E-state index contributed by atoms with van der Waals surface area (Å²) in [6, 6.07) is 7.88. The van der Waals surface area contributed by atoms with E-state index in [0.29, 0.717) is 32.6 Å². The number of carboxylic acid groups (broad SMARTS) is 1. The molecule has 7 nitrogen and oxygen atoms in total. The lowest BCUT2D eigenvalue weighted by Crippen LogP contribution is -2.53. The van der Waals surface area contributed by atoms with Crippen LogP contribution in [0.25, 0.3) is 0 Å². The quantitative estimate of drug-likeness (QED) is 0.817. The first-order valence-electron chi connectivity index (χ1n) is 9.66. The monoisotopic (exact) mass is 411 g/mol. The van der Waals surface area contributed by atoms with Crippen LogP contribution in [0, 0.1) is 11.3 Å². The Balaban J connectivity index is 1.56. The predicted molar refractivity (Wildman–Crippen MR) is 105 cm³/mol. The molecule has 156 valence electrons. The van der Waals surface area contributed by atoms with Crippen molar-refractivity contribution in [2.24, 2.45) is 11.3 Å². The van der Waals surface area contributed by atoms with E-state index >= 15 is 0 Å². The summed E-state index contributed by atoms with van der Waals surface area (Å²) < 4.78 is 27.3. The molecule has 0 aromatic heterocycles. The zero-order chi connectivity index (χ0) is 20.3. The zero-order valence-corrected chi connectivity index (χ0v) is 17.4. The Hall–Kier alpha value is -1.64. The molecule has 2 heterocycles. The fourth-order valence-electron chi connectivity index (χ4n) is 3.82. The summed E-state index contributed by atoms with van der Waals surface area (Å²) in [6.07, 6.45) is 1.31. The minimum absolute atomic E-state index is 0.000740. The second-order valence-corrected chi connectivity index (χ2v) is 9.49. The van der Waals surface area contributed by atoms with Crippen LogP contribution in [0.2, 0.25) is 0 Å². The average Bonchev–Trinajstić information content (AvgIpc) is 2.64. The van der Waals surface area contributed by atoms with Gasteiger partial charge in [0.15, 0.2) is 0 Å². The first kappa shape index (κ1) is 21.1. The molecular formula is C20H29NO6S. The topological polar surface area (TPSA) is 85.3 Å². The van der Waals surface area contributed by atoms with Gasteiger partial charge >= 0.3 is 17.5 Å². The van der Waals surface area contributed by atoms with Crippen molar-refractivity contribution < 1.29 is 27.2 Å². The number of nitrogens with zero attached hydrogens (tertiary/aromatic N) is 1. The van der Waals surface area contributed by atoms with Crippen molar-refractivity contribution in [2.75, 3.05) is 19.8 Å². The molecule has 28 heavy (non-hydrogen) atoms. The van der Waals surface area contributed by atoms with Gasteiger partial charge in [-0.15, -0.1) is 0 Å². The Labute approximate surface area is 168 Å². The zero-order valence-electron chi connectivity index (χ0n) is 16.6. The van der Waals surface area contributed by atoms with Crippen molar-refractivity contribution in [3.8, 4) is 5.75 Å². The van der Waals surface area contributed by atoms with Gasteiger partial charge in [-0.05, 0) is 29.5 Å². The third-order valence-corrected chi connectivity index (χ3v) is 6.01. The molecule has 1 aromatic rings. The fourth-order valence-corrected chi connectivity index (χ4v) is 4.50. The molecule has 2 aliphatic heterocycles. The van der Waals surface area contributed by atoms with E-state index in [-0.39, 0.29) is 23.5 Å². The smallest absolute Gasteiger partial charge is 0.407 e. The number of amides is 1. The van der Waals surface area contributed by atoms with Crippen LogP contribution in [0.3, 0.4) is 0 Å². The summed E-state index contributed by atoms with van der Waals surface area (Å²) in [6.45, 7) is 7.56. The molecule has 3 rings (SSSR count). The molecule has 2 saturated heterocycles. The summed E-state index contributed by atoms with van der Waals surface area (Å²) in [5.41, 5.74) is 1.00. The summed E-state index contributed by atoms with van der Waals surface area (Å²) in [5, 5.41) is 9.48. The van der Waals surface area contributed by atoms with Gasteiger partial charge in [0, 0.05) is 31.3 Å². The summed E-state index contributed by atoms with van der Waals surface area (Å²) in [5.74, 6) is 0.986. The predicted octanol–water partition coefficient (Wildman–Crippen LogP) is 3.41. The Morgan fingerprint density at radius 3 is 2.46 bits per heavy atom. The minimum atomic E-state index is -1.60. The number of likely N-dealkylation sites (tertiary alicyclic amines) is 1. The van der Waals surface area contributed by atoms with Crippen molar-refractivity contribution in [3.63, 3.8) is 0 Å². The van der Waals surface area contributed by atoms with Gasteiger partial charge in [-0.2, -0.15) is 4.21 Å². The van der Waals surface area contributed by atoms with Crippen LogP contribution in [0.1, 0.15) is 39.2 Å². The van der Waals surface area contributed by atoms with Crippen LogP contribution in [0.4, 0.5) is 4.79 Å². The number of rotatable bonds is 4. The molecular weight excluding hydrogens is 382 g/mol. The van der Waals surface area contributed by atoms with E-state index in [9.17, 15) is 14.1 Å². The molecule has 1 N–H and O–H groups in total. The van der Waals surface area contributed by atoms with E-state index in [1.807, 2.05) is 24.3 Å². The maximum Gasteiger partial charge on any atom is 0.407 e. The van der Waals surface area contributed by atoms with Crippen molar-refractivity contribution in [3.05, 3.63) is 29.8 Å². The number of hydrogen-bond donors (Lipinski definition) is 1. The first-order chi connectivity index (χ1) is 13.2. The molecule has 0 aliphatic carbocycles. The van der Waals surface area contributed by atoms with Crippen LogP contribution in [-0.2, 0) is 26.1 Å². The molecule has 2 atom stereocenters. The average molecular weight is 412 g/mol. The van der Waals surface area contributed by atoms with Gasteiger partial charge in [0.2, 0.25) is 0 Å². The van der Waals surface area contributed by atoms with E-state index in [4.69, 9.17) is 13.1 Å². The highest BCUT2D eigenvalue weighted by molar-refractivity contribution is 7.75. The molecule has 0 radical (unpaired) electrons. The summed E-state index contributed by atoms with van der Waals surface area (Å²) in [7, 11) is 0. The molecule has 2 aliphatic rings. The minimum Gasteiger partial charge on any atom is -0.490 e. The molecule has 2 fully saturated rings. The lowest BCUT2D eigenvalue weighted by molar-refractivity contribution is 0.0130. The number of benzene rings is 1.